The Morgan fingerprint density at radius 2 is 1.92 bits per heavy atom. The maximum absolute atomic E-state index is 6.37. The summed E-state index contributed by atoms with van der Waals surface area (Å²) >= 11 is 12.6. The second-order valence-corrected chi connectivity index (χ2v) is 7.54. The van der Waals surface area contributed by atoms with E-state index < -0.39 is 5.72 Å². The van der Waals surface area contributed by atoms with E-state index in [1.54, 1.807) is 13.2 Å². The highest BCUT2D eigenvalue weighted by Gasteiger charge is 2.45. The Labute approximate surface area is 156 Å². The van der Waals surface area contributed by atoms with E-state index in [4.69, 9.17) is 37.8 Å². The molecule has 130 valence electrons. The summed E-state index contributed by atoms with van der Waals surface area (Å²) in [6.45, 7) is 3.99. The fourth-order valence-electron chi connectivity index (χ4n) is 3.44. The monoisotopic (exact) mass is 376 g/mol. The molecule has 0 saturated carbocycles. The standard InChI is InChI=1S/C19H18Cl2N2O2/c1-19(2)23-17(14-8-12(20)9-15(21)18(14)25-19)10-16(22-23)11-4-6-13(24-3)7-5-11/h4-9,17H,10H2,1-3H3/t17-/m1/s1. The van der Waals surface area contributed by atoms with Gasteiger partial charge in [-0.2, -0.15) is 5.10 Å². The van der Waals surface area contributed by atoms with Crippen LogP contribution in [-0.4, -0.2) is 23.6 Å². The van der Waals surface area contributed by atoms with Gasteiger partial charge >= 0.3 is 0 Å². The summed E-state index contributed by atoms with van der Waals surface area (Å²) in [5.41, 5.74) is 2.46. The molecule has 0 aliphatic carbocycles. The normalized spacial score (nSPS) is 20.4. The van der Waals surface area contributed by atoms with Crippen LogP contribution < -0.4 is 9.47 Å². The molecule has 0 N–H and O–H groups in total. The van der Waals surface area contributed by atoms with Crippen LogP contribution in [0.15, 0.2) is 41.5 Å². The molecule has 0 aromatic heterocycles. The van der Waals surface area contributed by atoms with Crippen LogP contribution in [0, 0.1) is 0 Å². The van der Waals surface area contributed by atoms with E-state index in [-0.39, 0.29) is 6.04 Å². The molecule has 0 spiro atoms. The van der Waals surface area contributed by atoms with Crippen molar-refractivity contribution in [2.75, 3.05) is 7.11 Å². The Morgan fingerprint density at radius 3 is 2.60 bits per heavy atom. The summed E-state index contributed by atoms with van der Waals surface area (Å²) < 4.78 is 11.4. The Bertz CT molecular complexity index is 862. The van der Waals surface area contributed by atoms with Gasteiger partial charge in [0.2, 0.25) is 0 Å². The molecule has 2 aromatic carbocycles. The minimum Gasteiger partial charge on any atom is -0.497 e. The van der Waals surface area contributed by atoms with E-state index in [2.05, 4.69) is 0 Å². The highest BCUT2D eigenvalue weighted by Crippen LogP contribution is 2.50. The second-order valence-electron chi connectivity index (χ2n) is 6.69. The van der Waals surface area contributed by atoms with Crippen molar-refractivity contribution in [3.8, 4) is 11.5 Å². The van der Waals surface area contributed by atoms with Crippen LogP contribution in [0.25, 0.3) is 0 Å². The Morgan fingerprint density at radius 1 is 1.20 bits per heavy atom. The van der Waals surface area contributed by atoms with Crippen LogP contribution in [0.3, 0.4) is 0 Å². The molecular formula is C19H18Cl2N2O2. The van der Waals surface area contributed by atoms with Gasteiger partial charge in [0.15, 0.2) is 5.72 Å². The van der Waals surface area contributed by atoms with E-state index in [0.29, 0.717) is 15.8 Å². The summed E-state index contributed by atoms with van der Waals surface area (Å²) in [5.74, 6) is 1.52. The highest BCUT2D eigenvalue weighted by molar-refractivity contribution is 6.35. The zero-order valence-electron chi connectivity index (χ0n) is 14.2. The first-order valence-electron chi connectivity index (χ1n) is 8.08. The zero-order valence-corrected chi connectivity index (χ0v) is 15.7. The number of halogens is 2. The number of hydrogen-bond donors (Lipinski definition) is 0. The van der Waals surface area contributed by atoms with Gasteiger partial charge in [-0.1, -0.05) is 23.2 Å². The molecule has 0 saturated heterocycles. The molecule has 0 unspecified atom stereocenters. The lowest BCUT2D eigenvalue weighted by molar-refractivity contribution is -0.0910. The number of fused-ring (bicyclic) bond motifs is 3. The third-order valence-corrected chi connectivity index (χ3v) is 5.13. The van der Waals surface area contributed by atoms with Crippen LogP contribution >= 0.6 is 23.2 Å². The first-order chi connectivity index (χ1) is 11.9. The van der Waals surface area contributed by atoms with E-state index in [0.717, 1.165) is 29.0 Å². The van der Waals surface area contributed by atoms with E-state index in [9.17, 15) is 0 Å². The van der Waals surface area contributed by atoms with Gasteiger partial charge in [0.05, 0.1) is 23.9 Å². The number of rotatable bonds is 2. The lowest BCUT2D eigenvalue weighted by atomic mass is 9.95. The molecule has 0 fully saturated rings. The minimum atomic E-state index is -0.594. The average molecular weight is 377 g/mol. The lowest BCUT2D eigenvalue weighted by Gasteiger charge is -2.44. The topological polar surface area (TPSA) is 34.1 Å². The summed E-state index contributed by atoms with van der Waals surface area (Å²) in [5, 5.41) is 7.98. The molecular weight excluding hydrogens is 359 g/mol. The molecule has 2 heterocycles. The molecule has 6 heteroatoms. The van der Waals surface area contributed by atoms with E-state index >= 15 is 0 Å². The smallest absolute Gasteiger partial charge is 0.192 e. The molecule has 1 atom stereocenters. The van der Waals surface area contributed by atoms with Crippen molar-refractivity contribution >= 4 is 28.9 Å². The molecule has 0 radical (unpaired) electrons. The molecule has 0 amide bonds. The van der Waals surface area contributed by atoms with Crippen molar-refractivity contribution < 1.29 is 9.47 Å². The fourth-order valence-corrected chi connectivity index (χ4v) is 3.99. The largest absolute Gasteiger partial charge is 0.497 e. The Balaban J connectivity index is 1.76. The number of hydrogen-bond acceptors (Lipinski definition) is 4. The third kappa shape index (κ3) is 2.74. The summed E-state index contributed by atoms with van der Waals surface area (Å²) in [6.07, 6.45) is 0.767. The molecule has 0 bridgehead atoms. The van der Waals surface area contributed by atoms with Crippen molar-refractivity contribution in [2.45, 2.75) is 32.0 Å². The number of ether oxygens (including phenoxy) is 2. The number of nitrogens with zero attached hydrogens (tertiary/aromatic N) is 2. The molecule has 2 aromatic rings. The van der Waals surface area contributed by atoms with Crippen molar-refractivity contribution in [3.63, 3.8) is 0 Å². The average Bonchev–Trinajstić information content (AvgIpc) is 3.03. The summed E-state index contributed by atoms with van der Waals surface area (Å²) in [4.78, 5) is 0. The van der Waals surface area contributed by atoms with Crippen molar-refractivity contribution in [1.82, 2.24) is 5.01 Å². The molecule has 2 aliphatic heterocycles. The Hall–Kier alpha value is -1.91. The highest BCUT2D eigenvalue weighted by atomic mass is 35.5. The van der Waals surface area contributed by atoms with Gasteiger partial charge in [-0.05, 0) is 55.8 Å². The number of benzene rings is 2. The first-order valence-corrected chi connectivity index (χ1v) is 8.84. The lowest BCUT2D eigenvalue weighted by Crippen LogP contribution is -2.48. The maximum Gasteiger partial charge on any atom is 0.192 e. The quantitative estimate of drug-likeness (QED) is 0.714. The van der Waals surface area contributed by atoms with Crippen LogP contribution in [0.2, 0.25) is 10.0 Å². The fraction of sp³-hybridized carbons (Fsp3) is 0.316. The molecule has 4 rings (SSSR count). The molecule has 4 nitrogen and oxygen atoms in total. The summed E-state index contributed by atoms with van der Waals surface area (Å²) in [7, 11) is 1.66. The van der Waals surface area contributed by atoms with Gasteiger partial charge in [-0.3, -0.25) is 0 Å². The van der Waals surface area contributed by atoms with Gasteiger partial charge in [0.25, 0.3) is 0 Å². The van der Waals surface area contributed by atoms with Crippen LogP contribution in [0.4, 0.5) is 0 Å². The van der Waals surface area contributed by atoms with Crippen molar-refractivity contribution in [1.29, 1.82) is 0 Å². The summed E-state index contributed by atoms with van der Waals surface area (Å²) in [6, 6.07) is 11.6. The van der Waals surface area contributed by atoms with Crippen molar-refractivity contribution in [2.24, 2.45) is 5.10 Å². The second kappa shape index (κ2) is 5.82. The molecule has 25 heavy (non-hydrogen) atoms. The van der Waals surface area contributed by atoms with Crippen LogP contribution in [-0.2, 0) is 0 Å². The molecule has 2 aliphatic rings. The van der Waals surface area contributed by atoms with Gasteiger partial charge in [-0.15, -0.1) is 0 Å². The van der Waals surface area contributed by atoms with Crippen molar-refractivity contribution in [3.05, 3.63) is 57.6 Å². The zero-order chi connectivity index (χ0) is 17.8. The first kappa shape index (κ1) is 16.6. The number of hydrazone groups is 1. The number of methoxy groups -OCH3 is 1. The maximum atomic E-state index is 6.37. The van der Waals surface area contributed by atoms with Gasteiger partial charge < -0.3 is 9.47 Å². The Kier molecular flexibility index (Phi) is 3.85. The van der Waals surface area contributed by atoms with Gasteiger partial charge in [-0.25, -0.2) is 5.01 Å². The van der Waals surface area contributed by atoms with Gasteiger partial charge in [0.1, 0.15) is 11.5 Å². The SMILES string of the molecule is COc1ccc(C2=NN3[C@H](C2)c2cc(Cl)cc(Cl)c2OC3(C)C)cc1. The van der Waals surface area contributed by atoms with E-state index in [1.165, 1.54) is 0 Å². The van der Waals surface area contributed by atoms with E-state index in [1.807, 2.05) is 49.2 Å². The predicted molar refractivity (Wildman–Crippen MR) is 99.9 cm³/mol. The third-order valence-electron chi connectivity index (χ3n) is 4.63. The van der Waals surface area contributed by atoms with Gasteiger partial charge in [0, 0.05) is 17.0 Å². The minimum absolute atomic E-state index is 0.0482. The predicted octanol–water partition coefficient (Wildman–Crippen LogP) is 5.28. The van der Waals surface area contributed by atoms with Crippen LogP contribution in [0.5, 0.6) is 11.5 Å². The van der Waals surface area contributed by atoms with Crippen LogP contribution in [0.1, 0.15) is 37.4 Å².